The minimum Gasteiger partial charge on any atom is -0.349 e. The first kappa shape index (κ1) is 21.7. The normalized spacial score (nSPS) is 27.4. The van der Waals surface area contributed by atoms with E-state index in [-0.39, 0.29) is 11.4 Å². The van der Waals surface area contributed by atoms with Gasteiger partial charge in [0.15, 0.2) is 0 Å². The van der Waals surface area contributed by atoms with Gasteiger partial charge in [0, 0.05) is 64.7 Å². The number of carbonyl (C=O) groups excluding carboxylic acids is 1. The molecule has 0 unspecified atom stereocenters. The van der Waals surface area contributed by atoms with E-state index in [0.717, 1.165) is 25.9 Å². The molecule has 2 atom stereocenters. The van der Waals surface area contributed by atoms with Crippen molar-refractivity contribution in [1.82, 2.24) is 19.4 Å². The van der Waals surface area contributed by atoms with E-state index in [9.17, 15) is 13.2 Å². The van der Waals surface area contributed by atoms with Gasteiger partial charge in [0.2, 0.25) is 15.9 Å². The molecule has 8 heteroatoms. The number of nitrogens with one attached hydrogen (secondary N) is 1. The van der Waals surface area contributed by atoms with E-state index in [1.54, 1.807) is 19.0 Å². The Morgan fingerprint density at radius 3 is 2.37 bits per heavy atom. The molecule has 3 fully saturated rings. The van der Waals surface area contributed by atoms with Crippen molar-refractivity contribution in [3.8, 4) is 0 Å². The van der Waals surface area contributed by atoms with Crippen molar-refractivity contribution in [2.24, 2.45) is 0 Å². The first-order valence-electron chi connectivity index (χ1n) is 10.9. The van der Waals surface area contributed by atoms with Crippen LogP contribution in [0.1, 0.15) is 37.2 Å². The lowest BCUT2D eigenvalue weighted by Crippen LogP contribution is -2.73. The summed E-state index contributed by atoms with van der Waals surface area (Å²) in [5, 5.41) is 3.83. The fourth-order valence-electron chi connectivity index (χ4n) is 4.98. The van der Waals surface area contributed by atoms with Crippen molar-refractivity contribution in [3.63, 3.8) is 0 Å². The van der Waals surface area contributed by atoms with Gasteiger partial charge in [-0.05, 0) is 24.8 Å². The molecule has 1 amide bonds. The monoisotopic (exact) mass is 434 g/mol. The Labute approximate surface area is 180 Å². The highest BCUT2D eigenvalue weighted by Crippen LogP contribution is 2.42. The van der Waals surface area contributed by atoms with E-state index in [4.69, 9.17) is 0 Å². The predicted octanol–water partition coefficient (Wildman–Crippen LogP) is 1.09. The number of amides is 1. The molecule has 2 saturated heterocycles. The minimum atomic E-state index is -3.21. The van der Waals surface area contributed by atoms with Gasteiger partial charge in [0.05, 0.1) is 11.8 Å². The highest BCUT2D eigenvalue weighted by molar-refractivity contribution is 7.88. The fraction of sp³-hybridized carbons (Fsp3) is 0.682. The molecule has 2 aliphatic heterocycles. The summed E-state index contributed by atoms with van der Waals surface area (Å²) in [5.74, 6) is 0.690. The third kappa shape index (κ3) is 4.56. The van der Waals surface area contributed by atoms with Crippen molar-refractivity contribution in [3.05, 3.63) is 35.9 Å². The maximum absolute atomic E-state index is 12.5. The second-order valence-electron chi connectivity index (χ2n) is 9.51. The molecule has 2 heterocycles. The number of piperidine rings is 1. The molecule has 0 spiro atoms. The van der Waals surface area contributed by atoms with Crippen molar-refractivity contribution < 1.29 is 13.2 Å². The smallest absolute Gasteiger partial charge is 0.224 e. The van der Waals surface area contributed by atoms with E-state index in [1.165, 1.54) is 22.5 Å². The summed E-state index contributed by atoms with van der Waals surface area (Å²) in [6.45, 7) is 2.64. The lowest BCUT2D eigenvalue weighted by atomic mass is 9.83. The van der Waals surface area contributed by atoms with Crippen LogP contribution < -0.4 is 5.32 Å². The summed E-state index contributed by atoms with van der Waals surface area (Å²) in [6, 6.07) is 11.8. The summed E-state index contributed by atoms with van der Waals surface area (Å²) < 4.78 is 25.4. The van der Waals surface area contributed by atoms with E-state index < -0.39 is 10.0 Å². The van der Waals surface area contributed by atoms with Gasteiger partial charge < -0.3 is 10.2 Å². The van der Waals surface area contributed by atoms with Crippen LogP contribution in [-0.4, -0.2) is 92.6 Å². The first-order valence-corrected chi connectivity index (χ1v) is 12.7. The van der Waals surface area contributed by atoms with Crippen molar-refractivity contribution >= 4 is 15.9 Å². The highest BCUT2D eigenvalue weighted by Gasteiger charge is 2.52. The van der Waals surface area contributed by atoms with Crippen LogP contribution >= 0.6 is 0 Å². The molecule has 166 valence electrons. The molecule has 1 saturated carbocycles. The van der Waals surface area contributed by atoms with Gasteiger partial charge in [-0.25, -0.2) is 8.42 Å². The number of likely N-dealkylation sites (tertiary alicyclic amines) is 1. The van der Waals surface area contributed by atoms with Gasteiger partial charge in [-0.2, -0.15) is 4.31 Å². The summed E-state index contributed by atoms with van der Waals surface area (Å²) in [6.07, 6.45) is 4.90. The van der Waals surface area contributed by atoms with Gasteiger partial charge in [-0.1, -0.05) is 30.3 Å². The van der Waals surface area contributed by atoms with E-state index in [2.05, 4.69) is 40.5 Å². The van der Waals surface area contributed by atoms with E-state index in [0.29, 0.717) is 37.5 Å². The Bertz CT molecular complexity index is 860. The fourth-order valence-corrected chi connectivity index (χ4v) is 5.93. The maximum Gasteiger partial charge on any atom is 0.224 e. The molecule has 7 nitrogen and oxygen atoms in total. The Balaban J connectivity index is 1.32. The Morgan fingerprint density at radius 2 is 1.80 bits per heavy atom. The van der Waals surface area contributed by atoms with Crippen molar-refractivity contribution in [2.45, 2.75) is 49.2 Å². The Kier molecular flexibility index (Phi) is 5.96. The predicted molar refractivity (Wildman–Crippen MR) is 118 cm³/mol. The molecule has 1 N–H and O–H groups in total. The Morgan fingerprint density at radius 1 is 1.17 bits per heavy atom. The zero-order valence-corrected chi connectivity index (χ0v) is 19.1. The Hall–Kier alpha value is -1.48. The van der Waals surface area contributed by atoms with Crippen LogP contribution in [0.25, 0.3) is 0 Å². The molecule has 0 aromatic heterocycles. The largest absolute Gasteiger partial charge is 0.349 e. The van der Waals surface area contributed by atoms with Crippen LogP contribution in [0.15, 0.2) is 30.3 Å². The maximum atomic E-state index is 12.5. The molecule has 0 radical (unpaired) electrons. The second-order valence-corrected chi connectivity index (χ2v) is 11.5. The molecule has 0 bridgehead atoms. The minimum absolute atomic E-state index is 0.0621. The van der Waals surface area contributed by atoms with Crippen LogP contribution in [0.3, 0.4) is 0 Å². The molecule has 1 aromatic rings. The summed E-state index contributed by atoms with van der Waals surface area (Å²) in [4.78, 5) is 16.4. The molecule has 1 aromatic carbocycles. The van der Waals surface area contributed by atoms with Gasteiger partial charge in [-0.3, -0.25) is 9.69 Å². The summed E-state index contributed by atoms with van der Waals surface area (Å²) in [7, 11) is 0.310. The van der Waals surface area contributed by atoms with Gasteiger partial charge in [-0.15, -0.1) is 0 Å². The number of nitrogens with zero attached hydrogens (tertiary/aromatic N) is 3. The third-order valence-electron chi connectivity index (χ3n) is 7.02. The third-order valence-corrected chi connectivity index (χ3v) is 8.22. The highest BCUT2D eigenvalue weighted by atomic mass is 32.2. The van der Waals surface area contributed by atoms with Gasteiger partial charge in [0.1, 0.15) is 0 Å². The van der Waals surface area contributed by atoms with Crippen LogP contribution in [0.2, 0.25) is 0 Å². The van der Waals surface area contributed by atoms with Crippen molar-refractivity contribution in [1.29, 1.82) is 0 Å². The van der Waals surface area contributed by atoms with Crippen molar-refractivity contribution in [2.75, 3.05) is 46.5 Å². The zero-order valence-electron chi connectivity index (χ0n) is 18.3. The standard InChI is InChI=1S/C22H34N4O3S/c1-24(2)21(27)14-22(15-26(16-22)30(3,28)29)25-11-9-18(10-12-25)23-20-13-19(20)17-7-5-4-6-8-17/h4-8,18-20,23H,9-16H2,1-3H3/t19-,20+/m0/s1. The van der Waals surface area contributed by atoms with Crippen LogP contribution in [0.5, 0.6) is 0 Å². The molecule has 30 heavy (non-hydrogen) atoms. The summed E-state index contributed by atoms with van der Waals surface area (Å²) in [5.41, 5.74) is 1.06. The van der Waals surface area contributed by atoms with Crippen LogP contribution in [0, 0.1) is 0 Å². The van der Waals surface area contributed by atoms with E-state index >= 15 is 0 Å². The first-order chi connectivity index (χ1) is 14.2. The molecule has 1 aliphatic carbocycles. The SMILES string of the molecule is CN(C)C(=O)CC1(N2CCC(N[C@@H]3C[C@H]3c3ccccc3)CC2)CN(S(C)(=O)=O)C1. The molecule has 3 aliphatic rings. The number of rotatable bonds is 7. The quantitative estimate of drug-likeness (QED) is 0.696. The average molecular weight is 435 g/mol. The van der Waals surface area contributed by atoms with E-state index in [1.807, 2.05) is 0 Å². The molecule has 4 rings (SSSR count). The lowest BCUT2D eigenvalue weighted by molar-refractivity contribution is -0.135. The number of hydrogen-bond acceptors (Lipinski definition) is 5. The van der Waals surface area contributed by atoms with Crippen LogP contribution in [0.4, 0.5) is 0 Å². The number of benzene rings is 1. The van der Waals surface area contributed by atoms with Crippen LogP contribution in [-0.2, 0) is 14.8 Å². The molecular weight excluding hydrogens is 400 g/mol. The second kappa shape index (κ2) is 8.22. The summed E-state index contributed by atoms with van der Waals surface area (Å²) >= 11 is 0. The number of hydrogen-bond donors (Lipinski definition) is 1. The lowest BCUT2D eigenvalue weighted by Gasteiger charge is -2.56. The number of carbonyl (C=O) groups is 1. The number of sulfonamides is 1. The zero-order chi connectivity index (χ0) is 21.5. The van der Waals surface area contributed by atoms with Gasteiger partial charge in [0.25, 0.3) is 0 Å². The topological polar surface area (TPSA) is 73.0 Å². The average Bonchev–Trinajstić information content (AvgIpc) is 3.43. The molecular formula is C22H34N4O3S. The van der Waals surface area contributed by atoms with Gasteiger partial charge >= 0.3 is 0 Å².